The molecule has 1 atom stereocenters. The van der Waals surface area contributed by atoms with E-state index in [1.165, 1.54) is 0 Å². The van der Waals surface area contributed by atoms with Gasteiger partial charge in [0.15, 0.2) is 0 Å². The molecule has 1 rings (SSSR count). The molecule has 0 heterocycles. The van der Waals surface area contributed by atoms with Crippen LogP contribution in [0.5, 0.6) is 0 Å². The highest BCUT2D eigenvalue weighted by atomic mass is 16.3. The zero-order chi connectivity index (χ0) is 12.0. The SMILES string of the molecule is CCCN(CC)CC(O)CCC1(O)CCC1. The molecule has 16 heavy (non-hydrogen) atoms. The van der Waals surface area contributed by atoms with Gasteiger partial charge in [0.1, 0.15) is 0 Å². The monoisotopic (exact) mass is 229 g/mol. The van der Waals surface area contributed by atoms with E-state index in [0.29, 0.717) is 0 Å². The molecule has 96 valence electrons. The van der Waals surface area contributed by atoms with E-state index in [1.807, 2.05) is 0 Å². The van der Waals surface area contributed by atoms with Gasteiger partial charge in [0, 0.05) is 6.54 Å². The Morgan fingerprint density at radius 1 is 1.31 bits per heavy atom. The van der Waals surface area contributed by atoms with Gasteiger partial charge in [0.05, 0.1) is 11.7 Å². The molecule has 1 fully saturated rings. The number of hydrogen-bond acceptors (Lipinski definition) is 3. The third kappa shape index (κ3) is 4.40. The first-order valence-corrected chi connectivity index (χ1v) is 6.72. The third-order valence-electron chi connectivity index (χ3n) is 3.68. The van der Waals surface area contributed by atoms with Gasteiger partial charge in [-0.2, -0.15) is 0 Å². The van der Waals surface area contributed by atoms with Crippen LogP contribution in [-0.4, -0.2) is 46.5 Å². The first-order valence-electron chi connectivity index (χ1n) is 6.72. The van der Waals surface area contributed by atoms with E-state index in [2.05, 4.69) is 18.7 Å². The first-order chi connectivity index (χ1) is 7.59. The van der Waals surface area contributed by atoms with Crippen LogP contribution in [0.1, 0.15) is 52.4 Å². The molecule has 0 aromatic carbocycles. The van der Waals surface area contributed by atoms with E-state index in [0.717, 1.165) is 58.2 Å². The smallest absolute Gasteiger partial charge is 0.0668 e. The Morgan fingerprint density at radius 2 is 2.00 bits per heavy atom. The van der Waals surface area contributed by atoms with Crippen LogP contribution in [0.4, 0.5) is 0 Å². The first kappa shape index (κ1) is 13.9. The zero-order valence-corrected chi connectivity index (χ0v) is 10.8. The number of aliphatic hydroxyl groups excluding tert-OH is 1. The molecule has 0 amide bonds. The van der Waals surface area contributed by atoms with Crippen molar-refractivity contribution in [2.45, 2.75) is 64.1 Å². The fourth-order valence-electron chi connectivity index (χ4n) is 2.35. The standard InChI is InChI=1S/C13H27NO2/c1-3-10-14(4-2)11-12(15)6-9-13(16)7-5-8-13/h12,15-16H,3-11H2,1-2H3. The highest BCUT2D eigenvalue weighted by Gasteiger charge is 2.34. The largest absolute Gasteiger partial charge is 0.392 e. The zero-order valence-electron chi connectivity index (χ0n) is 10.8. The van der Waals surface area contributed by atoms with Crippen molar-refractivity contribution in [3.63, 3.8) is 0 Å². The number of likely N-dealkylation sites (N-methyl/N-ethyl adjacent to an activating group) is 1. The molecule has 0 aromatic heterocycles. The van der Waals surface area contributed by atoms with Gasteiger partial charge in [-0.15, -0.1) is 0 Å². The molecular weight excluding hydrogens is 202 g/mol. The summed E-state index contributed by atoms with van der Waals surface area (Å²) < 4.78 is 0. The molecule has 0 aliphatic heterocycles. The Hall–Kier alpha value is -0.120. The van der Waals surface area contributed by atoms with Crippen LogP contribution in [-0.2, 0) is 0 Å². The summed E-state index contributed by atoms with van der Waals surface area (Å²) in [6, 6.07) is 0. The molecule has 1 unspecified atom stereocenters. The molecular formula is C13H27NO2. The topological polar surface area (TPSA) is 43.7 Å². The summed E-state index contributed by atoms with van der Waals surface area (Å²) >= 11 is 0. The van der Waals surface area contributed by atoms with E-state index in [-0.39, 0.29) is 6.10 Å². The van der Waals surface area contributed by atoms with Gasteiger partial charge in [-0.3, -0.25) is 0 Å². The Labute approximate surface area is 99.5 Å². The number of nitrogens with zero attached hydrogens (tertiary/aromatic N) is 1. The van der Waals surface area contributed by atoms with E-state index in [1.54, 1.807) is 0 Å². The minimum Gasteiger partial charge on any atom is -0.392 e. The highest BCUT2D eigenvalue weighted by molar-refractivity contribution is 4.88. The molecule has 0 saturated heterocycles. The van der Waals surface area contributed by atoms with Gasteiger partial charge in [0.25, 0.3) is 0 Å². The van der Waals surface area contributed by atoms with Crippen molar-refractivity contribution in [3.8, 4) is 0 Å². The third-order valence-corrected chi connectivity index (χ3v) is 3.68. The maximum absolute atomic E-state index is 9.93. The van der Waals surface area contributed by atoms with Crippen molar-refractivity contribution in [2.75, 3.05) is 19.6 Å². The van der Waals surface area contributed by atoms with Gasteiger partial charge >= 0.3 is 0 Å². The molecule has 0 radical (unpaired) electrons. The Bertz CT molecular complexity index is 192. The second-order valence-corrected chi connectivity index (χ2v) is 5.16. The minimum atomic E-state index is -0.442. The average Bonchev–Trinajstić information content (AvgIpc) is 2.23. The maximum atomic E-state index is 9.93. The molecule has 3 nitrogen and oxygen atoms in total. The van der Waals surface area contributed by atoms with Crippen molar-refractivity contribution in [2.24, 2.45) is 0 Å². The lowest BCUT2D eigenvalue weighted by molar-refractivity contribution is -0.0510. The summed E-state index contributed by atoms with van der Waals surface area (Å²) in [6.45, 7) is 7.08. The molecule has 0 bridgehead atoms. The minimum absolute atomic E-state index is 0.281. The second kappa shape index (κ2) is 6.58. The molecule has 1 saturated carbocycles. The summed E-state index contributed by atoms with van der Waals surface area (Å²) in [4.78, 5) is 2.27. The average molecular weight is 229 g/mol. The van der Waals surface area contributed by atoms with Crippen LogP contribution in [0.3, 0.4) is 0 Å². The Balaban J connectivity index is 2.15. The predicted octanol–water partition coefficient (Wildman–Crippen LogP) is 1.77. The number of aliphatic hydroxyl groups is 2. The van der Waals surface area contributed by atoms with Gasteiger partial charge in [-0.05, 0) is 51.6 Å². The quantitative estimate of drug-likeness (QED) is 0.667. The predicted molar refractivity (Wildman–Crippen MR) is 66.4 cm³/mol. The second-order valence-electron chi connectivity index (χ2n) is 5.16. The summed E-state index contributed by atoms with van der Waals surface area (Å²) in [5, 5.41) is 19.8. The lowest BCUT2D eigenvalue weighted by Gasteiger charge is -2.37. The molecule has 3 heteroatoms. The van der Waals surface area contributed by atoms with Crippen LogP contribution in [0, 0.1) is 0 Å². The van der Waals surface area contributed by atoms with E-state index in [9.17, 15) is 10.2 Å². The van der Waals surface area contributed by atoms with Crippen LogP contribution in [0.15, 0.2) is 0 Å². The highest BCUT2D eigenvalue weighted by Crippen LogP contribution is 2.35. The van der Waals surface area contributed by atoms with Crippen LogP contribution in [0.25, 0.3) is 0 Å². The summed E-state index contributed by atoms with van der Waals surface area (Å²) in [5.74, 6) is 0. The fraction of sp³-hybridized carbons (Fsp3) is 1.00. The van der Waals surface area contributed by atoms with E-state index < -0.39 is 5.60 Å². The maximum Gasteiger partial charge on any atom is 0.0668 e. The lowest BCUT2D eigenvalue weighted by Crippen LogP contribution is -2.39. The number of rotatable bonds is 8. The molecule has 0 aromatic rings. The summed E-state index contributed by atoms with van der Waals surface area (Å²) in [6.07, 6.45) is 5.33. The van der Waals surface area contributed by atoms with E-state index in [4.69, 9.17) is 0 Å². The molecule has 1 aliphatic rings. The molecule has 0 spiro atoms. The summed E-state index contributed by atoms with van der Waals surface area (Å²) in [7, 11) is 0. The van der Waals surface area contributed by atoms with Crippen molar-refractivity contribution in [1.82, 2.24) is 4.90 Å². The van der Waals surface area contributed by atoms with Crippen LogP contribution < -0.4 is 0 Å². The Morgan fingerprint density at radius 3 is 2.44 bits per heavy atom. The van der Waals surface area contributed by atoms with Crippen molar-refractivity contribution in [3.05, 3.63) is 0 Å². The molecule has 1 aliphatic carbocycles. The van der Waals surface area contributed by atoms with Gasteiger partial charge in [-0.1, -0.05) is 13.8 Å². The van der Waals surface area contributed by atoms with Gasteiger partial charge in [0.2, 0.25) is 0 Å². The fourth-order valence-corrected chi connectivity index (χ4v) is 2.35. The summed E-state index contributed by atoms with van der Waals surface area (Å²) in [5.41, 5.74) is -0.442. The van der Waals surface area contributed by atoms with Gasteiger partial charge < -0.3 is 15.1 Å². The van der Waals surface area contributed by atoms with Gasteiger partial charge in [-0.25, -0.2) is 0 Å². The van der Waals surface area contributed by atoms with Crippen molar-refractivity contribution < 1.29 is 10.2 Å². The van der Waals surface area contributed by atoms with Crippen LogP contribution in [0.2, 0.25) is 0 Å². The number of hydrogen-bond donors (Lipinski definition) is 2. The van der Waals surface area contributed by atoms with Crippen molar-refractivity contribution >= 4 is 0 Å². The normalized spacial score (nSPS) is 20.8. The van der Waals surface area contributed by atoms with Crippen molar-refractivity contribution in [1.29, 1.82) is 0 Å². The lowest BCUT2D eigenvalue weighted by atomic mass is 9.76. The Kier molecular flexibility index (Phi) is 5.73. The van der Waals surface area contributed by atoms with Crippen LogP contribution >= 0.6 is 0 Å². The van der Waals surface area contributed by atoms with E-state index >= 15 is 0 Å². The molecule has 2 N–H and O–H groups in total.